The molecule has 3 aromatic heterocycles. The van der Waals surface area contributed by atoms with Gasteiger partial charge in [0, 0.05) is 29.2 Å². The van der Waals surface area contributed by atoms with E-state index in [1.807, 2.05) is 60.3 Å². The topological polar surface area (TPSA) is 101 Å². The Bertz CT molecular complexity index is 1520. The van der Waals surface area contributed by atoms with E-state index < -0.39 is 0 Å². The van der Waals surface area contributed by atoms with Crippen LogP contribution in [0.15, 0.2) is 54.9 Å². The van der Waals surface area contributed by atoms with Crippen LogP contribution < -0.4 is 10.6 Å². The van der Waals surface area contributed by atoms with Crippen molar-refractivity contribution in [3.8, 4) is 11.4 Å². The fraction of sp³-hybridized carbons (Fsp3) is 0.231. The van der Waals surface area contributed by atoms with Crippen molar-refractivity contribution in [1.29, 1.82) is 0 Å². The number of nitrogens with one attached hydrogen (secondary N) is 3. The minimum absolute atomic E-state index is 0.157. The first-order valence-electron chi connectivity index (χ1n) is 11.2. The zero-order valence-corrected chi connectivity index (χ0v) is 19.9. The van der Waals surface area contributed by atoms with Gasteiger partial charge < -0.3 is 15.6 Å². The molecule has 0 aliphatic rings. The third kappa shape index (κ3) is 3.57. The summed E-state index contributed by atoms with van der Waals surface area (Å²) in [6.07, 6.45) is 1.55. The van der Waals surface area contributed by atoms with E-state index in [1.54, 1.807) is 6.33 Å². The molecule has 8 heteroatoms. The number of rotatable bonds is 4. The van der Waals surface area contributed by atoms with Crippen LogP contribution >= 0.6 is 0 Å². The molecule has 34 heavy (non-hydrogen) atoms. The molecule has 0 saturated carbocycles. The lowest BCUT2D eigenvalue weighted by atomic mass is 10.1. The molecule has 2 aromatic carbocycles. The average Bonchev–Trinajstić information content (AvgIpc) is 3.37. The number of hydrogen-bond donors (Lipinski definition) is 3. The molecule has 172 valence electrons. The summed E-state index contributed by atoms with van der Waals surface area (Å²) in [4.78, 5) is 25.3. The van der Waals surface area contributed by atoms with E-state index in [4.69, 9.17) is 5.10 Å². The highest BCUT2D eigenvalue weighted by Crippen LogP contribution is 2.37. The molecule has 0 spiro atoms. The van der Waals surface area contributed by atoms with Gasteiger partial charge in [-0.05, 0) is 57.5 Å². The molecule has 3 heterocycles. The van der Waals surface area contributed by atoms with E-state index in [2.05, 4.69) is 53.3 Å². The Labute approximate surface area is 197 Å². The number of fused-ring (bicyclic) bond motifs is 2. The number of aromatic amines is 1. The Kier molecular flexibility index (Phi) is 5.08. The van der Waals surface area contributed by atoms with Crippen LogP contribution in [0, 0.1) is 6.92 Å². The lowest BCUT2D eigenvalue weighted by Crippen LogP contribution is -2.23. The van der Waals surface area contributed by atoms with Gasteiger partial charge in [0.1, 0.15) is 17.8 Å². The van der Waals surface area contributed by atoms with Crippen LogP contribution in [0.5, 0.6) is 0 Å². The summed E-state index contributed by atoms with van der Waals surface area (Å²) in [5, 5.41) is 13.0. The first kappa shape index (κ1) is 21.6. The minimum Gasteiger partial charge on any atom is -0.372 e. The number of anilines is 2. The number of aromatic nitrogens is 5. The van der Waals surface area contributed by atoms with Crippen LogP contribution in [0.1, 0.15) is 36.7 Å². The molecule has 0 bridgehead atoms. The second-order valence-corrected chi connectivity index (χ2v) is 9.31. The Morgan fingerprint density at radius 2 is 1.82 bits per heavy atom. The molecule has 3 N–H and O–H groups in total. The first-order chi connectivity index (χ1) is 16.3. The second kappa shape index (κ2) is 7.98. The van der Waals surface area contributed by atoms with Crippen molar-refractivity contribution >= 4 is 39.3 Å². The number of hydrogen-bond acceptors (Lipinski definition) is 5. The van der Waals surface area contributed by atoms with Crippen molar-refractivity contribution in [2.75, 3.05) is 17.7 Å². The predicted molar refractivity (Wildman–Crippen MR) is 136 cm³/mol. The molecule has 0 saturated heterocycles. The van der Waals surface area contributed by atoms with Gasteiger partial charge in [-0.1, -0.05) is 24.3 Å². The molecule has 0 fully saturated rings. The van der Waals surface area contributed by atoms with Crippen LogP contribution in [-0.2, 0) is 5.54 Å². The number of carbonyl (C=O) groups excluding carboxylic acids is 1. The number of aryl methyl sites for hydroxylation is 1. The Hall–Kier alpha value is -4.20. The Morgan fingerprint density at radius 1 is 1.06 bits per heavy atom. The summed E-state index contributed by atoms with van der Waals surface area (Å²) in [5.41, 5.74) is 5.42. The first-order valence-corrected chi connectivity index (χ1v) is 11.2. The molecular weight excluding hydrogens is 426 g/mol. The molecule has 0 aliphatic heterocycles. The minimum atomic E-state index is -0.265. The number of benzene rings is 2. The third-order valence-corrected chi connectivity index (χ3v) is 5.93. The van der Waals surface area contributed by atoms with Gasteiger partial charge in [-0.25, -0.2) is 14.6 Å². The van der Waals surface area contributed by atoms with Gasteiger partial charge in [0.2, 0.25) is 0 Å². The van der Waals surface area contributed by atoms with Crippen LogP contribution in [-0.4, -0.2) is 37.7 Å². The molecule has 1 amide bonds. The summed E-state index contributed by atoms with van der Waals surface area (Å²) in [6.45, 7) is 8.35. The van der Waals surface area contributed by atoms with E-state index in [0.717, 1.165) is 50.4 Å². The van der Waals surface area contributed by atoms with Crippen molar-refractivity contribution in [1.82, 2.24) is 24.7 Å². The largest absolute Gasteiger partial charge is 0.372 e. The van der Waals surface area contributed by atoms with Crippen LogP contribution in [0.2, 0.25) is 0 Å². The maximum Gasteiger partial charge on any atom is 0.255 e. The molecule has 0 radical (unpaired) electrons. The number of nitrogens with zero attached hydrogens (tertiary/aromatic N) is 4. The van der Waals surface area contributed by atoms with Gasteiger partial charge in [-0.3, -0.25) is 4.79 Å². The molecule has 0 atom stereocenters. The summed E-state index contributed by atoms with van der Waals surface area (Å²) in [7, 11) is 1.84. The molecule has 5 aromatic rings. The molecule has 0 unspecified atom stereocenters. The molecule has 0 aliphatic carbocycles. The van der Waals surface area contributed by atoms with Gasteiger partial charge in [0.25, 0.3) is 5.91 Å². The van der Waals surface area contributed by atoms with Crippen molar-refractivity contribution in [3.05, 3.63) is 66.0 Å². The standard InChI is InChI=1S/C26H27N7O/c1-15-18-12-11-16(25(34)30-17-9-7-6-8-10-17)13-19(18)31-21(15)22-20-23(27-5)28-14-29-24(20)33(32-22)26(2,3)4/h6-14,31H,1-5H3,(H,30,34)(H,27,28,29). The van der Waals surface area contributed by atoms with E-state index in [9.17, 15) is 4.79 Å². The van der Waals surface area contributed by atoms with Crippen molar-refractivity contribution in [2.24, 2.45) is 0 Å². The van der Waals surface area contributed by atoms with Gasteiger partial charge >= 0.3 is 0 Å². The highest BCUT2D eigenvalue weighted by atomic mass is 16.1. The summed E-state index contributed by atoms with van der Waals surface area (Å²) < 4.78 is 1.93. The lowest BCUT2D eigenvalue weighted by molar-refractivity contribution is 0.102. The monoisotopic (exact) mass is 453 g/mol. The number of carbonyl (C=O) groups is 1. The fourth-order valence-corrected chi connectivity index (χ4v) is 4.23. The van der Waals surface area contributed by atoms with Gasteiger partial charge in [-0.15, -0.1) is 0 Å². The Morgan fingerprint density at radius 3 is 2.53 bits per heavy atom. The maximum absolute atomic E-state index is 12.8. The predicted octanol–water partition coefficient (Wildman–Crippen LogP) is 5.33. The number of H-pyrrole nitrogens is 1. The van der Waals surface area contributed by atoms with Crippen LogP contribution in [0.4, 0.5) is 11.5 Å². The van der Waals surface area contributed by atoms with Crippen LogP contribution in [0.3, 0.4) is 0 Å². The number of amides is 1. The van der Waals surface area contributed by atoms with E-state index in [1.165, 1.54) is 0 Å². The normalized spacial score (nSPS) is 11.8. The van der Waals surface area contributed by atoms with E-state index in [0.29, 0.717) is 5.56 Å². The summed E-state index contributed by atoms with van der Waals surface area (Å²) in [6, 6.07) is 15.1. The maximum atomic E-state index is 12.8. The quantitative estimate of drug-likeness (QED) is 0.341. The zero-order chi connectivity index (χ0) is 24.0. The van der Waals surface area contributed by atoms with E-state index >= 15 is 0 Å². The van der Waals surface area contributed by atoms with Gasteiger partial charge in [0.15, 0.2) is 5.65 Å². The molecule has 5 rings (SSSR count). The van der Waals surface area contributed by atoms with Gasteiger partial charge in [0.05, 0.1) is 16.6 Å². The highest BCUT2D eigenvalue weighted by Gasteiger charge is 2.26. The number of para-hydroxylation sites is 1. The lowest BCUT2D eigenvalue weighted by Gasteiger charge is -2.19. The van der Waals surface area contributed by atoms with Crippen molar-refractivity contribution in [2.45, 2.75) is 33.2 Å². The molecule has 8 nitrogen and oxygen atoms in total. The summed E-state index contributed by atoms with van der Waals surface area (Å²) in [5.74, 6) is 0.562. The van der Waals surface area contributed by atoms with Crippen LogP contribution in [0.25, 0.3) is 33.3 Å². The summed E-state index contributed by atoms with van der Waals surface area (Å²) >= 11 is 0. The second-order valence-electron chi connectivity index (χ2n) is 9.31. The fourth-order valence-electron chi connectivity index (χ4n) is 4.23. The van der Waals surface area contributed by atoms with Crippen molar-refractivity contribution < 1.29 is 4.79 Å². The van der Waals surface area contributed by atoms with Crippen molar-refractivity contribution in [3.63, 3.8) is 0 Å². The smallest absolute Gasteiger partial charge is 0.255 e. The highest BCUT2D eigenvalue weighted by molar-refractivity contribution is 6.07. The third-order valence-electron chi connectivity index (χ3n) is 5.93. The van der Waals surface area contributed by atoms with Gasteiger partial charge in [-0.2, -0.15) is 5.10 Å². The zero-order valence-electron chi connectivity index (χ0n) is 19.9. The Balaban J connectivity index is 1.64. The van der Waals surface area contributed by atoms with E-state index in [-0.39, 0.29) is 11.4 Å². The molecular formula is C26H27N7O. The SMILES string of the molecule is CNc1ncnc2c1c(-c1[nH]c3cc(C(=O)Nc4ccccc4)ccc3c1C)nn2C(C)(C)C. The average molecular weight is 454 g/mol.